The Labute approximate surface area is 119 Å². The lowest BCUT2D eigenvalue weighted by molar-refractivity contribution is -0.00558. The van der Waals surface area contributed by atoms with Gasteiger partial charge in [-0.1, -0.05) is 39.5 Å². The van der Waals surface area contributed by atoms with Crippen molar-refractivity contribution in [2.24, 2.45) is 0 Å². The molecule has 114 valence electrons. The first-order valence-electron chi connectivity index (χ1n) is 8.17. The Morgan fingerprint density at radius 2 is 1.74 bits per heavy atom. The maximum absolute atomic E-state index is 10.5. The van der Waals surface area contributed by atoms with E-state index in [9.17, 15) is 5.11 Å². The summed E-state index contributed by atoms with van der Waals surface area (Å²) in [6, 6.07) is 0.912. The molecule has 0 bridgehead atoms. The molecule has 2 atom stereocenters. The smallest absolute Gasteiger partial charge is 0.0695 e. The number of hydrogen-bond acceptors (Lipinski definition) is 3. The molecule has 0 saturated heterocycles. The predicted molar refractivity (Wildman–Crippen MR) is 80.4 cm³/mol. The molecule has 0 heterocycles. The topological polar surface area (TPSA) is 32.7 Å². The minimum Gasteiger partial charge on any atom is -0.391 e. The summed E-state index contributed by atoms with van der Waals surface area (Å²) in [5, 5.41) is 10.5. The van der Waals surface area contributed by atoms with Crippen molar-refractivity contribution in [3.8, 4) is 0 Å². The fourth-order valence-corrected chi connectivity index (χ4v) is 3.41. The van der Waals surface area contributed by atoms with Crippen molar-refractivity contribution in [3.05, 3.63) is 0 Å². The van der Waals surface area contributed by atoms with Gasteiger partial charge in [0.1, 0.15) is 0 Å². The number of methoxy groups -OCH3 is 1. The molecule has 1 N–H and O–H groups in total. The molecule has 0 aromatic rings. The fourth-order valence-electron chi connectivity index (χ4n) is 3.41. The molecule has 0 aliphatic heterocycles. The summed E-state index contributed by atoms with van der Waals surface area (Å²) in [5.41, 5.74) is 0. The number of aliphatic hydroxyl groups excluding tert-OH is 1. The van der Waals surface area contributed by atoms with Crippen LogP contribution in [0.2, 0.25) is 0 Å². The lowest BCUT2D eigenvalue weighted by Gasteiger charge is -2.40. The summed E-state index contributed by atoms with van der Waals surface area (Å²) in [7, 11) is 1.76. The molecule has 1 aliphatic carbocycles. The number of hydrogen-bond donors (Lipinski definition) is 1. The van der Waals surface area contributed by atoms with Crippen LogP contribution in [0, 0.1) is 0 Å². The van der Waals surface area contributed by atoms with Gasteiger partial charge < -0.3 is 9.84 Å². The molecule has 3 nitrogen and oxygen atoms in total. The van der Waals surface area contributed by atoms with Gasteiger partial charge >= 0.3 is 0 Å². The van der Waals surface area contributed by atoms with E-state index in [1.807, 2.05) is 0 Å². The van der Waals surface area contributed by atoms with Crippen molar-refractivity contribution in [2.45, 2.75) is 83.4 Å². The maximum atomic E-state index is 10.5. The van der Waals surface area contributed by atoms with E-state index in [4.69, 9.17) is 4.74 Å². The van der Waals surface area contributed by atoms with Crippen molar-refractivity contribution in [3.63, 3.8) is 0 Å². The van der Waals surface area contributed by atoms with Gasteiger partial charge in [0.05, 0.1) is 12.7 Å². The van der Waals surface area contributed by atoms with Crippen LogP contribution in [0.1, 0.15) is 65.2 Å². The third-order valence-electron chi connectivity index (χ3n) is 4.59. The first-order valence-corrected chi connectivity index (χ1v) is 8.17. The van der Waals surface area contributed by atoms with Crippen LogP contribution in [-0.2, 0) is 4.74 Å². The second kappa shape index (κ2) is 9.73. The van der Waals surface area contributed by atoms with Gasteiger partial charge in [-0.15, -0.1) is 0 Å². The highest BCUT2D eigenvalue weighted by molar-refractivity contribution is 4.84. The molecular formula is C16H33NO2. The van der Waals surface area contributed by atoms with Gasteiger partial charge in [-0.3, -0.25) is 4.90 Å². The van der Waals surface area contributed by atoms with Crippen LogP contribution < -0.4 is 0 Å². The second-order valence-corrected chi connectivity index (χ2v) is 5.83. The normalized spacial score (nSPS) is 25.6. The monoisotopic (exact) mass is 271 g/mol. The van der Waals surface area contributed by atoms with E-state index < -0.39 is 0 Å². The summed E-state index contributed by atoms with van der Waals surface area (Å²) >= 11 is 0. The molecule has 0 radical (unpaired) electrons. The van der Waals surface area contributed by atoms with Gasteiger partial charge in [-0.25, -0.2) is 0 Å². The molecule has 0 spiro atoms. The Morgan fingerprint density at radius 1 is 1.11 bits per heavy atom. The number of rotatable bonds is 7. The molecule has 0 aromatic heterocycles. The van der Waals surface area contributed by atoms with E-state index in [2.05, 4.69) is 18.7 Å². The molecule has 1 saturated carbocycles. The fraction of sp³-hybridized carbons (Fsp3) is 1.00. The van der Waals surface area contributed by atoms with Crippen molar-refractivity contribution in [1.29, 1.82) is 0 Å². The first-order chi connectivity index (χ1) is 9.24. The van der Waals surface area contributed by atoms with Crippen LogP contribution in [0.4, 0.5) is 0 Å². The van der Waals surface area contributed by atoms with Crippen molar-refractivity contribution >= 4 is 0 Å². The number of ether oxygens (including phenoxy) is 1. The van der Waals surface area contributed by atoms with Crippen LogP contribution in [-0.4, -0.2) is 48.5 Å². The Hall–Kier alpha value is -0.120. The summed E-state index contributed by atoms with van der Waals surface area (Å²) in [6.07, 6.45) is 9.31. The van der Waals surface area contributed by atoms with E-state index in [0.717, 1.165) is 38.8 Å². The molecule has 1 aliphatic rings. The van der Waals surface area contributed by atoms with Crippen LogP contribution in [0.15, 0.2) is 0 Å². The van der Waals surface area contributed by atoms with Gasteiger partial charge in [0, 0.05) is 25.7 Å². The van der Waals surface area contributed by atoms with E-state index in [-0.39, 0.29) is 6.10 Å². The zero-order valence-corrected chi connectivity index (χ0v) is 13.1. The standard InChI is InChI=1S/C16H33NO2/c1-4-14(5-2)17(12-13-19-3)15-10-8-6-7-9-11-16(15)18/h14-16,18H,4-13H2,1-3H3. The average molecular weight is 271 g/mol. The predicted octanol–water partition coefficient (Wildman–Crippen LogP) is 3.21. The van der Waals surface area contributed by atoms with Crippen LogP contribution in [0.25, 0.3) is 0 Å². The molecule has 2 unspecified atom stereocenters. The molecule has 0 amide bonds. The summed E-state index contributed by atoms with van der Waals surface area (Å²) < 4.78 is 5.27. The highest BCUT2D eigenvalue weighted by Gasteiger charge is 2.29. The second-order valence-electron chi connectivity index (χ2n) is 5.83. The molecule has 3 heteroatoms. The SMILES string of the molecule is CCC(CC)N(CCOC)C1CCCCCCC1O. The quantitative estimate of drug-likeness (QED) is 0.772. The van der Waals surface area contributed by atoms with Gasteiger partial charge in [-0.05, 0) is 25.7 Å². The molecule has 0 aromatic carbocycles. The van der Waals surface area contributed by atoms with E-state index in [1.54, 1.807) is 7.11 Å². The Bertz CT molecular complexity index is 219. The van der Waals surface area contributed by atoms with Crippen LogP contribution in [0.5, 0.6) is 0 Å². The first kappa shape index (κ1) is 16.9. The third-order valence-corrected chi connectivity index (χ3v) is 4.59. The average Bonchev–Trinajstić information content (AvgIpc) is 2.40. The Morgan fingerprint density at radius 3 is 2.32 bits per heavy atom. The van der Waals surface area contributed by atoms with E-state index in [0.29, 0.717) is 12.1 Å². The van der Waals surface area contributed by atoms with Gasteiger partial charge in [0.2, 0.25) is 0 Å². The largest absolute Gasteiger partial charge is 0.391 e. The van der Waals surface area contributed by atoms with Gasteiger partial charge in [-0.2, -0.15) is 0 Å². The van der Waals surface area contributed by atoms with Crippen molar-refractivity contribution in [2.75, 3.05) is 20.3 Å². The zero-order valence-electron chi connectivity index (χ0n) is 13.1. The van der Waals surface area contributed by atoms with Gasteiger partial charge in [0.25, 0.3) is 0 Å². The van der Waals surface area contributed by atoms with Crippen LogP contribution in [0.3, 0.4) is 0 Å². The molecular weight excluding hydrogens is 238 g/mol. The lowest BCUT2D eigenvalue weighted by Crippen LogP contribution is -2.50. The Balaban J connectivity index is 2.72. The Kier molecular flexibility index (Phi) is 8.67. The highest BCUT2D eigenvalue weighted by atomic mass is 16.5. The maximum Gasteiger partial charge on any atom is 0.0695 e. The minimum atomic E-state index is -0.155. The molecule has 19 heavy (non-hydrogen) atoms. The molecule has 1 rings (SSSR count). The highest BCUT2D eigenvalue weighted by Crippen LogP contribution is 2.25. The van der Waals surface area contributed by atoms with Crippen LogP contribution >= 0.6 is 0 Å². The summed E-state index contributed by atoms with van der Waals surface area (Å²) in [5.74, 6) is 0. The van der Waals surface area contributed by atoms with E-state index >= 15 is 0 Å². The summed E-state index contributed by atoms with van der Waals surface area (Å²) in [4.78, 5) is 2.53. The minimum absolute atomic E-state index is 0.155. The molecule has 1 fully saturated rings. The number of aliphatic hydroxyl groups is 1. The van der Waals surface area contributed by atoms with Gasteiger partial charge in [0.15, 0.2) is 0 Å². The zero-order chi connectivity index (χ0) is 14.1. The van der Waals surface area contributed by atoms with Crippen molar-refractivity contribution < 1.29 is 9.84 Å². The lowest BCUT2D eigenvalue weighted by atomic mass is 9.91. The third kappa shape index (κ3) is 5.41. The van der Waals surface area contributed by atoms with E-state index in [1.165, 1.54) is 25.7 Å². The van der Waals surface area contributed by atoms with Crippen molar-refractivity contribution in [1.82, 2.24) is 4.90 Å². The number of nitrogens with zero attached hydrogens (tertiary/aromatic N) is 1. The summed E-state index contributed by atoms with van der Waals surface area (Å²) in [6.45, 7) is 6.22.